The van der Waals surface area contributed by atoms with Crippen LogP contribution >= 0.6 is 22.9 Å². The van der Waals surface area contributed by atoms with Crippen LogP contribution in [0.2, 0.25) is 5.02 Å². The first-order chi connectivity index (χ1) is 13.4. The summed E-state index contributed by atoms with van der Waals surface area (Å²) in [7, 11) is 0. The summed E-state index contributed by atoms with van der Waals surface area (Å²) in [5, 5.41) is 1.02. The van der Waals surface area contributed by atoms with Gasteiger partial charge in [0.2, 0.25) is 0 Å². The number of benzene rings is 1. The van der Waals surface area contributed by atoms with Crippen molar-refractivity contribution in [2.24, 2.45) is 0 Å². The monoisotopic (exact) mass is 419 g/mol. The number of nitrogens with one attached hydrogen (secondary N) is 1. The van der Waals surface area contributed by atoms with Gasteiger partial charge in [0.05, 0.1) is 18.8 Å². The summed E-state index contributed by atoms with van der Waals surface area (Å²) in [6.45, 7) is 5.56. The van der Waals surface area contributed by atoms with Gasteiger partial charge in [-0.15, -0.1) is 11.3 Å². The molecular formula is C20H18ClNO5S. The van der Waals surface area contributed by atoms with Crippen LogP contribution < -0.4 is 0 Å². The van der Waals surface area contributed by atoms with Crippen LogP contribution in [0.1, 0.15) is 55.5 Å². The van der Waals surface area contributed by atoms with Crippen molar-refractivity contribution in [3.63, 3.8) is 0 Å². The van der Waals surface area contributed by atoms with Crippen LogP contribution in [0.15, 0.2) is 24.3 Å². The zero-order chi connectivity index (χ0) is 20.4. The van der Waals surface area contributed by atoms with Gasteiger partial charge in [0.25, 0.3) is 0 Å². The summed E-state index contributed by atoms with van der Waals surface area (Å²) in [4.78, 5) is 41.8. The van der Waals surface area contributed by atoms with E-state index in [0.29, 0.717) is 31.2 Å². The van der Waals surface area contributed by atoms with Gasteiger partial charge in [-0.1, -0.05) is 11.6 Å². The minimum Gasteiger partial charge on any atom is -0.462 e. The van der Waals surface area contributed by atoms with Gasteiger partial charge in [0.15, 0.2) is 5.78 Å². The van der Waals surface area contributed by atoms with E-state index in [1.807, 2.05) is 0 Å². The molecule has 0 saturated heterocycles. The number of aryl methyl sites for hydroxylation is 1. The number of hydrogen-bond donors (Lipinski definition) is 1. The Bertz CT molecular complexity index is 1060. The molecule has 8 heteroatoms. The minimum atomic E-state index is -0.625. The maximum atomic E-state index is 13.2. The predicted octanol–water partition coefficient (Wildman–Crippen LogP) is 4.78. The Hall–Kier alpha value is -2.64. The molecule has 6 nitrogen and oxygen atoms in total. The zero-order valence-electron chi connectivity index (χ0n) is 15.6. The van der Waals surface area contributed by atoms with E-state index in [-0.39, 0.29) is 30.3 Å². The van der Waals surface area contributed by atoms with Crippen LogP contribution in [0, 0.1) is 6.92 Å². The number of H-pyrrole nitrogens is 1. The van der Waals surface area contributed by atoms with Crippen LogP contribution in [-0.4, -0.2) is 35.9 Å². The average Bonchev–Trinajstić information content (AvgIpc) is 3.19. The summed E-state index contributed by atoms with van der Waals surface area (Å²) < 4.78 is 10.2. The fourth-order valence-corrected chi connectivity index (χ4v) is 4.16. The van der Waals surface area contributed by atoms with E-state index >= 15 is 0 Å². The quantitative estimate of drug-likeness (QED) is 0.459. The first-order valence-electron chi connectivity index (χ1n) is 8.68. The molecule has 3 aromatic rings. The molecule has 0 fully saturated rings. The number of thiophene rings is 1. The molecule has 0 aliphatic heterocycles. The highest BCUT2D eigenvalue weighted by Crippen LogP contribution is 2.37. The van der Waals surface area contributed by atoms with E-state index in [1.54, 1.807) is 45.0 Å². The Morgan fingerprint density at radius 2 is 1.64 bits per heavy atom. The number of carbonyl (C=O) groups is 3. The molecule has 0 bridgehead atoms. The molecule has 0 aliphatic rings. The molecule has 0 amide bonds. The molecule has 0 atom stereocenters. The van der Waals surface area contributed by atoms with Gasteiger partial charge in [-0.3, -0.25) is 4.79 Å². The number of ketones is 1. The summed E-state index contributed by atoms with van der Waals surface area (Å²) in [5.74, 6) is -1.44. The van der Waals surface area contributed by atoms with E-state index in [0.717, 1.165) is 11.3 Å². The topological polar surface area (TPSA) is 85.5 Å². The van der Waals surface area contributed by atoms with Crippen molar-refractivity contribution in [3.05, 3.63) is 56.5 Å². The standard InChI is InChI=1S/C20H18ClNO5S/c1-4-26-19(24)15-14(16(23)11-6-8-12(21)9-7-11)13-10(3)17(20(25)27-5-2)28-18(13)22-15/h6-9,22H,4-5H2,1-3H3. The van der Waals surface area contributed by atoms with Gasteiger partial charge < -0.3 is 14.5 Å². The van der Waals surface area contributed by atoms with Gasteiger partial charge in [-0.25, -0.2) is 9.59 Å². The highest BCUT2D eigenvalue weighted by atomic mass is 35.5. The second-order valence-corrected chi connectivity index (χ2v) is 7.37. The molecule has 28 heavy (non-hydrogen) atoms. The van der Waals surface area contributed by atoms with Gasteiger partial charge in [0, 0.05) is 16.0 Å². The number of carbonyl (C=O) groups excluding carboxylic acids is 3. The van der Waals surface area contributed by atoms with Crippen molar-refractivity contribution in [3.8, 4) is 0 Å². The van der Waals surface area contributed by atoms with E-state index in [4.69, 9.17) is 21.1 Å². The van der Waals surface area contributed by atoms with Crippen molar-refractivity contribution in [1.29, 1.82) is 0 Å². The fraction of sp³-hybridized carbons (Fsp3) is 0.250. The van der Waals surface area contributed by atoms with Crippen molar-refractivity contribution < 1.29 is 23.9 Å². The first-order valence-corrected chi connectivity index (χ1v) is 9.88. The van der Waals surface area contributed by atoms with Crippen LogP contribution in [0.25, 0.3) is 10.2 Å². The van der Waals surface area contributed by atoms with Crippen LogP contribution in [0.3, 0.4) is 0 Å². The maximum Gasteiger partial charge on any atom is 0.355 e. The van der Waals surface area contributed by atoms with Crippen LogP contribution in [-0.2, 0) is 9.47 Å². The maximum absolute atomic E-state index is 13.2. The number of ether oxygens (including phenoxy) is 2. The molecule has 2 aromatic heterocycles. The third-order valence-electron chi connectivity index (χ3n) is 4.16. The van der Waals surface area contributed by atoms with Gasteiger partial charge in [-0.2, -0.15) is 0 Å². The average molecular weight is 420 g/mol. The molecule has 0 spiro atoms. The van der Waals surface area contributed by atoms with Crippen LogP contribution in [0.4, 0.5) is 0 Å². The predicted molar refractivity (Wildman–Crippen MR) is 108 cm³/mol. The number of aromatic amines is 1. The minimum absolute atomic E-state index is 0.0709. The number of rotatable bonds is 6. The van der Waals surface area contributed by atoms with Gasteiger partial charge >= 0.3 is 11.9 Å². The lowest BCUT2D eigenvalue weighted by atomic mass is 9.99. The number of esters is 2. The summed E-state index contributed by atoms with van der Waals surface area (Å²) in [6.07, 6.45) is 0. The number of hydrogen-bond acceptors (Lipinski definition) is 6. The third kappa shape index (κ3) is 3.55. The van der Waals surface area contributed by atoms with Crippen molar-refractivity contribution >= 4 is 50.9 Å². The Kier molecular flexibility index (Phi) is 5.86. The van der Waals surface area contributed by atoms with Crippen LogP contribution in [0.5, 0.6) is 0 Å². The molecular weight excluding hydrogens is 402 g/mol. The van der Waals surface area contributed by atoms with E-state index in [1.165, 1.54) is 0 Å². The molecule has 146 valence electrons. The Labute approximate surface area is 170 Å². The lowest BCUT2D eigenvalue weighted by Gasteiger charge is -2.06. The summed E-state index contributed by atoms with van der Waals surface area (Å²) in [5.41, 5.74) is 1.21. The zero-order valence-corrected chi connectivity index (χ0v) is 17.1. The molecule has 0 radical (unpaired) electrons. The molecule has 3 rings (SSSR count). The second-order valence-electron chi connectivity index (χ2n) is 5.91. The summed E-state index contributed by atoms with van der Waals surface area (Å²) in [6, 6.07) is 6.39. The number of halogens is 1. The molecule has 0 aliphatic carbocycles. The Morgan fingerprint density at radius 1 is 1.04 bits per heavy atom. The van der Waals surface area contributed by atoms with E-state index < -0.39 is 11.9 Å². The largest absolute Gasteiger partial charge is 0.462 e. The third-order valence-corrected chi connectivity index (χ3v) is 5.60. The lowest BCUT2D eigenvalue weighted by molar-refractivity contribution is 0.0514. The molecule has 2 heterocycles. The van der Waals surface area contributed by atoms with Gasteiger partial charge in [-0.05, 0) is 50.6 Å². The van der Waals surface area contributed by atoms with Gasteiger partial charge in [0.1, 0.15) is 15.4 Å². The fourth-order valence-electron chi connectivity index (χ4n) is 2.92. The Balaban J connectivity index is 2.22. The summed E-state index contributed by atoms with van der Waals surface area (Å²) >= 11 is 7.06. The normalized spacial score (nSPS) is 10.9. The van der Waals surface area contributed by atoms with Crippen molar-refractivity contribution in [2.75, 3.05) is 13.2 Å². The SMILES string of the molecule is CCOC(=O)c1[nH]c2sc(C(=O)OCC)c(C)c2c1C(=O)c1ccc(Cl)cc1. The Morgan fingerprint density at radius 3 is 2.25 bits per heavy atom. The second kappa shape index (κ2) is 8.16. The van der Waals surface area contributed by atoms with E-state index in [2.05, 4.69) is 4.98 Å². The lowest BCUT2D eigenvalue weighted by Crippen LogP contribution is -2.12. The molecule has 0 saturated carbocycles. The van der Waals surface area contributed by atoms with Crippen molar-refractivity contribution in [1.82, 2.24) is 4.98 Å². The van der Waals surface area contributed by atoms with E-state index in [9.17, 15) is 14.4 Å². The molecule has 0 unspecified atom stereocenters. The molecule has 1 N–H and O–H groups in total. The first kappa shape index (κ1) is 20.1. The smallest absolute Gasteiger partial charge is 0.355 e. The highest BCUT2D eigenvalue weighted by Gasteiger charge is 2.30. The highest BCUT2D eigenvalue weighted by molar-refractivity contribution is 7.20. The van der Waals surface area contributed by atoms with Crippen molar-refractivity contribution in [2.45, 2.75) is 20.8 Å². The number of fused-ring (bicyclic) bond motifs is 1. The molecule has 1 aromatic carbocycles. The number of aromatic nitrogens is 1.